The van der Waals surface area contributed by atoms with Crippen LogP contribution in [0.4, 0.5) is 29.3 Å². The smallest absolute Gasteiger partial charge is 0.417 e. The molecule has 0 fully saturated rings. The molecule has 0 aliphatic heterocycles. The average molecular weight is 447 g/mol. The van der Waals surface area contributed by atoms with Crippen LogP contribution >= 0.6 is 11.6 Å². The monoisotopic (exact) mass is 446 g/mol. The van der Waals surface area contributed by atoms with E-state index in [1.54, 1.807) is 36.7 Å². The SMILES string of the molecule is O=C(Nc1ccc(Oc2cnc3[nH]ccc3c2)cc1)Nc1ccc(Cl)c(C(F)(F)F)c1. The summed E-state index contributed by atoms with van der Waals surface area (Å²) in [5.41, 5.74) is 0.109. The first-order valence-electron chi connectivity index (χ1n) is 8.94. The number of aromatic amines is 1. The lowest BCUT2D eigenvalue weighted by molar-refractivity contribution is -0.137. The Labute approximate surface area is 179 Å². The van der Waals surface area contributed by atoms with E-state index in [9.17, 15) is 18.0 Å². The number of nitrogens with zero attached hydrogens (tertiary/aromatic N) is 1. The lowest BCUT2D eigenvalue weighted by Gasteiger charge is -2.12. The summed E-state index contributed by atoms with van der Waals surface area (Å²) in [6, 6.07) is 12.6. The molecule has 0 saturated carbocycles. The zero-order chi connectivity index (χ0) is 22.0. The Morgan fingerprint density at radius 2 is 1.68 bits per heavy atom. The van der Waals surface area contributed by atoms with E-state index in [1.807, 2.05) is 12.1 Å². The van der Waals surface area contributed by atoms with Crippen molar-refractivity contribution in [1.29, 1.82) is 0 Å². The number of carbonyl (C=O) groups excluding carboxylic acids is 1. The number of carbonyl (C=O) groups is 1. The van der Waals surface area contributed by atoms with Crippen LogP contribution in [0.25, 0.3) is 11.0 Å². The minimum Gasteiger partial charge on any atom is -0.456 e. The first kappa shape index (κ1) is 20.5. The molecule has 3 N–H and O–H groups in total. The average Bonchev–Trinajstić information content (AvgIpc) is 3.18. The molecule has 2 aromatic heterocycles. The Kier molecular flexibility index (Phi) is 5.43. The molecule has 0 atom stereocenters. The van der Waals surface area contributed by atoms with Crippen LogP contribution in [0, 0.1) is 0 Å². The molecule has 0 bridgehead atoms. The number of aromatic nitrogens is 2. The van der Waals surface area contributed by atoms with Gasteiger partial charge in [0.25, 0.3) is 0 Å². The quantitative estimate of drug-likeness (QED) is 0.327. The largest absolute Gasteiger partial charge is 0.456 e. The highest BCUT2D eigenvalue weighted by molar-refractivity contribution is 6.31. The van der Waals surface area contributed by atoms with Crippen LogP contribution in [0.1, 0.15) is 5.56 Å². The zero-order valence-electron chi connectivity index (χ0n) is 15.6. The van der Waals surface area contributed by atoms with E-state index in [0.717, 1.165) is 23.2 Å². The highest BCUT2D eigenvalue weighted by Crippen LogP contribution is 2.36. The van der Waals surface area contributed by atoms with Crippen molar-refractivity contribution in [2.24, 2.45) is 0 Å². The van der Waals surface area contributed by atoms with Crippen LogP contribution in [0.5, 0.6) is 11.5 Å². The van der Waals surface area contributed by atoms with Gasteiger partial charge in [-0.1, -0.05) is 11.6 Å². The second-order valence-corrected chi connectivity index (χ2v) is 6.89. The third-order valence-electron chi connectivity index (χ3n) is 4.25. The number of anilines is 2. The van der Waals surface area contributed by atoms with Crippen molar-refractivity contribution in [1.82, 2.24) is 9.97 Å². The van der Waals surface area contributed by atoms with Crippen molar-refractivity contribution >= 4 is 40.0 Å². The normalized spacial score (nSPS) is 11.4. The Morgan fingerprint density at radius 3 is 2.42 bits per heavy atom. The number of ether oxygens (including phenoxy) is 1. The molecule has 2 heterocycles. The molecular formula is C21H14ClF3N4O2. The number of halogens is 4. The molecule has 2 aromatic carbocycles. The number of fused-ring (bicyclic) bond motifs is 1. The molecule has 158 valence electrons. The maximum atomic E-state index is 12.9. The predicted molar refractivity (Wildman–Crippen MR) is 112 cm³/mol. The highest BCUT2D eigenvalue weighted by Gasteiger charge is 2.33. The summed E-state index contributed by atoms with van der Waals surface area (Å²) in [4.78, 5) is 19.4. The molecule has 0 radical (unpaired) electrons. The van der Waals surface area contributed by atoms with E-state index >= 15 is 0 Å². The fourth-order valence-corrected chi connectivity index (χ4v) is 3.06. The van der Waals surface area contributed by atoms with Crippen LogP contribution in [0.15, 0.2) is 67.0 Å². The number of hydrogen-bond donors (Lipinski definition) is 3. The number of hydrogen-bond acceptors (Lipinski definition) is 3. The molecule has 31 heavy (non-hydrogen) atoms. The number of alkyl halides is 3. The molecule has 2 amide bonds. The van der Waals surface area contributed by atoms with Crippen LogP contribution in [-0.2, 0) is 6.18 Å². The molecule has 0 saturated heterocycles. The third-order valence-corrected chi connectivity index (χ3v) is 4.58. The number of urea groups is 1. The van der Waals surface area contributed by atoms with Crippen molar-refractivity contribution in [3.8, 4) is 11.5 Å². The summed E-state index contributed by atoms with van der Waals surface area (Å²) in [7, 11) is 0. The van der Waals surface area contributed by atoms with Gasteiger partial charge in [0.2, 0.25) is 0 Å². The Balaban J connectivity index is 1.39. The summed E-state index contributed by atoms with van der Waals surface area (Å²) in [6.07, 6.45) is -1.26. The number of amides is 2. The molecule has 0 spiro atoms. The highest BCUT2D eigenvalue weighted by atomic mass is 35.5. The lowest BCUT2D eigenvalue weighted by Crippen LogP contribution is -2.19. The van der Waals surface area contributed by atoms with E-state index in [0.29, 0.717) is 17.2 Å². The summed E-state index contributed by atoms with van der Waals surface area (Å²) in [5.74, 6) is 1.07. The van der Waals surface area contributed by atoms with E-state index in [1.165, 1.54) is 6.07 Å². The molecule has 6 nitrogen and oxygen atoms in total. The maximum Gasteiger partial charge on any atom is 0.417 e. The Hall–Kier alpha value is -3.72. The van der Waals surface area contributed by atoms with Gasteiger partial charge in [-0.3, -0.25) is 0 Å². The summed E-state index contributed by atoms with van der Waals surface area (Å²) < 4.78 is 44.6. The molecular weight excluding hydrogens is 433 g/mol. The minimum atomic E-state index is -4.62. The van der Waals surface area contributed by atoms with Gasteiger partial charge in [-0.2, -0.15) is 13.2 Å². The Morgan fingerprint density at radius 1 is 0.968 bits per heavy atom. The molecule has 0 aliphatic rings. The first-order chi connectivity index (χ1) is 14.8. The summed E-state index contributed by atoms with van der Waals surface area (Å²) >= 11 is 5.58. The van der Waals surface area contributed by atoms with Gasteiger partial charge in [-0.25, -0.2) is 9.78 Å². The van der Waals surface area contributed by atoms with Crippen molar-refractivity contribution in [2.45, 2.75) is 6.18 Å². The molecule has 4 aromatic rings. The molecule has 10 heteroatoms. The molecule has 4 rings (SSSR count). The summed E-state index contributed by atoms with van der Waals surface area (Å²) in [6.45, 7) is 0. The van der Waals surface area contributed by atoms with Crippen molar-refractivity contribution in [3.05, 3.63) is 77.6 Å². The molecule has 0 unspecified atom stereocenters. The third kappa shape index (κ3) is 4.89. The summed E-state index contributed by atoms with van der Waals surface area (Å²) in [5, 5.41) is 5.35. The maximum absolute atomic E-state index is 12.9. The first-order valence-corrected chi connectivity index (χ1v) is 9.31. The predicted octanol–water partition coefficient (Wildman–Crippen LogP) is 6.67. The zero-order valence-corrected chi connectivity index (χ0v) is 16.4. The van der Waals surface area contributed by atoms with Crippen LogP contribution in [0.3, 0.4) is 0 Å². The van der Waals surface area contributed by atoms with Crippen LogP contribution in [0.2, 0.25) is 5.02 Å². The van der Waals surface area contributed by atoms with Crippen molar-refractivity contribution < 1.29 is 22.7 Å². The fourth-order valence-electron chi connectivity index (χ4n) is 2.83. The lowest BCUT2D eigenvalue weighted by atomic mass is 10.2. The number of benzene rings is 2. The van der Waals surface area contributed by atoms with Gasteiger partial charge in [0, 0.05) is 23.0 Å². The van der Waals surface area contributed by atoms with Crippen LogP contribution < -0.4 is 15.4 Å². The fraction of sp³-hybridized carbons (Fsp3) is 0.0476. The van der Waals surface area contributed by atoms with Crippen molar-refractivity contribution in [2.75, 3.05) is 10.6 Å². The molecule has 0 aliphatic carbocycles. The second kappa shape index (κ2) is 8.19. The van der Waals surface area contributed by atoms with E-state index < -0.39 is 22.8 Å². The number of H-pyrrole nitrogens is 1. The van der Waals surface area contributed by atoms with E-state index in [4.69, 9.17) is 16.3 Å². The topological polar surface area (TPSA) is 79.0 Å². The van der Waals surface area contributed by atoms with Crippen LogP contribution in [-0.4, -0.2) is 16.0 Å². The number of pyridine rings is 1. The number of nitrogens with one attached hydrogen (secondary N) is 3. The van der Waals surface area contributed by atoms with Gasteiger partial charge < -0.3 is 20.4 Å². The van der Waals surface area contributed by atoms with E-state index in [-0.39, 0.29) is 5.69 Å². The van der Waals surface area contributed by atoms with E-state index in [2.05, 4.69) is 20.6 Å². The van der Waals surface area contributed by atoms with Gasteiger partial charge in [0.05, 0.1) is 16.8 Å². The van der Waals surface area contributed by atoms with Gasteiger partial charge in [-0.05, 0) is 54.6 Å². The van der Waals surface area contributed by atoms with Gasteiger partial charge in [0.15, 0.2) is 0 Å². The van der Waals surface area contributed by atoms with Gasteiger partial charge in [-0.15, -0.1) is 0 Å². The number of rotatable bonds is 4. The van der Waals surface area contributed by atoms with Crippen molar-refractivity contribution in [3.63, 3.8) is 0 Å². The Bertz CT molecular complexity index is 1240. The van der Waals surface area contributed by atoms with Gasteiger partial charge >= 0.3 is 12.2 Å². The van der Waals surface area contributed by atoms with Gasteiger partial charge in [0.1, 0.15) is 17.1 Å². The second-order valence-electron chi connectivity index (χ2n) is 6.48. The standard InChI is InChI=1S/C21H14ClF3N4O2/c22-18-6-3-14(10-17(18)21(23,24)25)29-20(30)28-13-1-4-15(5-2-13)31-16-9-12-7-8-26-19(12)27-11-16/h1-11H,(H,26,27)(H2,28,29,30). The minimum absolute atomic E-state index is 0.0400.